The van der Waals surface area contributed by atoms with Gasteiger partial charge in [0.2, 0.25) is 0 Å². The van der Waals surface area contributed by atoms with Crippen LogP contribution in [0.3, 0.4) is 0 Å². The first-order chi connectivity index (χ1) is 5.79. The quantitative estimate of drug-likeness (QED) is 0.592. The number of H-pyrrole nitrogens is 1. The summed E-state index contributed by atoms with van der Waals surface area (Å²) in [5.41, 5.74) is 1.04. The summed E-state index contributed by atoms with van der Waals surface area (Å²) in [5.74, 6) is 0. The summed E-state index contributed by atoms with van der Waals surface area (Å²) in [7, 11) is 0. The van der Waals surface area contributed by atoms with Crippen molar-refractivity contribution in [3.05, 3.63) is 28.3 Å². The van der Waals surface area contributed by atoms with Crippen molar-refractivity contribution in [2.45, 2.75) is 6.92 Å². The average molecular weight is 162 g/mol. The van der Waals surface area contributed by atoms with Gasteiger partial charge in [-0.1, -0.05) is 5.21 Å². The van der Waals surface area contributed by atoms with Gasteiger partial charge in [0.15, 0.2) is 0 Å². The Hall–Kier alpha value is -1.78. The molecule has 0 amide bonds. The van der Waals surface area contributed by atoms with E-state index in [0.717, 1.165) is 0 Å². The van der Waals surface area contributed by atoms with Crippen LogP contribution in [0.1, 0.15) is 5.69 Å². The summed E-state index contributed by atoms with van der Waals surface area (Å²) in [6, 6.07) is 1.62. The van der Waals surface area contributed by atoms with E-state index in [0.29, 0.717) is 16.6 Å². The number of hydrogen-bond acceptors (Lipinski definition) is 4. The van der Waals surface area contributed by atoms with Crippen LogP contribution < -0.4 is 5.56 Å². The Morgan fingerprint density at radius 3 is 3.08 bits per heavy atom. The summed E-state index contributed by atoms with van der Waals surface area (Å²) in [6.45, 7) is 1.79. The van der Waals surface area contributed by atoms with Crippen molar-refractivity contribution in [3.8, 4) is 0 Å². The standard InChI is InChI=1S/C7H6N4O/c1-4-6-5(2-3-8-4)7(12)10-11-9-6/h2-3H,1H3,(H,9,10,12). The molecule has 0 unspecified atom stereocenters. The first kappa shape index (κ1) is 6.90. The molecule has 2 aromatic rings. The van der Waals surface area contributed by atoms with E-state index < -0.39 is 0 Å². The first-order valence-electron chi connectivity index (χ1n) is 3.46. The Morgan fingerprint density at radius 1 is 1.50 bits per heavy atom. The van der Waals surface area contributed by atoms with Gasteiger partial charge in [-0.2, -0.15) is 0 Å². The molecule has 0 radical (unpaired) electrons. The zero-order valence-corrected chi connectivity index (χ0v) is 6.40. The second kappa shape index (κ2) is 2.37. The van der Waals surface area contributed by atoms with Crippen LogP contribution in [0.15, 0.2) is 17.1 Å². The molecule has 0 fully saturated rings. The molecule has 2 heterocycles. The van der Waals surface area contributed by atoms with Crippen LogP contribution in [-0.2, 0) is 0 Å². The molecule has 0 aliphatic heterocycles. The van der Waals surface area contributed by atoms with Crippen LogP contribution in [0.4, 0.5) is 0 Å². The Labute approximate surface area is 67.5 Å². The predicted octanol–water partition coefficient (Wildman–Crippen LogP) is 0.0215. The summed E-state index contributed by atoms with van der Waals surface area (Å²) in [6.07, 6.45) is 1.58. The lowest BCUT2D eigenvalue weighted by Crippen LogP contribution is -2.10. The number of nitrogens with zero attached hydrogens (tertiary/aromatic N) is 3. The maximum absolute atomic E-state index is 11.1. The van der Waals surface area contributed by atoms with Crippen molar-refractivity contribution in [3.63, 3.8) is 0 Å². The van der Waals surface area contributed by atoms with Gasteiger partial charge in [0.05, 0.1) is 11.1 Å². The number of pyridine rings is 1. The summed E-state index contributed by atoms with van der Waals surface area (Å²) in [4.78, 5) is 15.1. The van der Waals surface area contributed by atoms with Crippen LogP contribution in [0.25, 0.3) is 10.9 Å². The molecular formula is C7H6N4O. The molecule has 0 aliphatic carbocycles. The van der Waals surface area contributed by atoms with Crippen molar-refractivity contribution >= 4 is 10.9 Å². The van der Waals surface area contributed by atoms with Crippen molar-refractivity contribution in [1.29, 1.82) is 0 Å². The van der Waals surface area contributed by atoms with E-state index in [4.69, 9.17) is 0 Å². The molecule has 2 rings (SSSR count). The van der Waals surface area contributed by atoms with E-state index in [1.807, 2.05) is 0 Å². The fraction of sp³-hybridized carbons (Fsp3) is 0.143. The molecule has 0 bridgehead atoms. The SMILES string of the molecule is Cc1nccc2c(=O)[nH]nnc12. The monoisotopic (exact) mass is 162 g/mol. The van der Waals surface area contributed by atoms with Crippen LogP contribution in [0.2, 0.25) is 0 Å². The number of rotatable bonds is 0. The molecule has 0 saturated heterocycles. The van der Waals surface area contributed by atoms with Gasteiger partial charge in [-0.3, -0.25) is 9.78 Å². The molecule has 60 valence electrons. The third-order valence-corrected chi connectivity index (χ3v) is 1.65. The number of aryl methyl sites for hydroxylation is 1. The van der Waals surface area contributed by atoms with Gasteiger partial charge in [0, 0.05) is 6.20 Å². The average Bonchev–Trinajstić information content (AvgIpc) is 2.07. The minimum Gasteiger partial charge on any atom is -0.267 e. The van der Waals surface area contributed by atoms with Crippen molar-refractivity contribution in [2.24, 2.45) is 0 Å². The summed E-state index contributed by atoms with van der Waals surface area (Å²) < 4.78 is 0. The molecule has 0 spiro atoms. The van der Waals surface area contributed by atoms with Crippen molar-refractivity contribution < 1.29 is 0 Å². The van der Waals surface area contributed by atoms with Gasteiger partial charge in [0.1, 0.15) is 5.52 Å². The van der Waals surface area contributed by atoms with Crippen LogP contribution in [0, 0.1) is 6.92 Å². The van der Waals surface area contributed by atoms with E-state index in [-0.39, 0.29) is 5.56 Å². The van der Waals surface area contributed by atoms with Crippen molar-refractivity contribution in [2.75, 3.05) is 0 Å². The highest BCUT2D eigenvalue weighted by Gasteiger charge is 2.01. The molecule has 12 heavy (non-hydrogen) atoms. The Bertz CT molecular complexity index is 476. The fourth-order valence-electron chi connectivity index (χ4n) is 1.05. The summed E-state index contributed by atoms with van der Waals surface area (Å²) in [5, 5.41) is 10.0. The molecule has 0 atom stereocenters. The molecule has 0 saturated carbocycles. The molecule has 0 aromatic carbocycles. The molecule has 2 aromatic heterocycles. The minimum atomic E-state index is -0.231. The number of hydrogen-bond donors (Lipinski definition) is 1. The Morgan fingerprint density at radius 2 is 2.33 bits per heavy atom. The number of nitrogens with one attached hydrogen (secondary N) is 1. The van der Waals surface area contributed by atoms with Gasteiger partial charge in [-0.15, -0.1) is 5.10 Å². The van der Waals surface area contributed by atoms with Gasteiger partial charge in [-0.05, 0) is 13.0 Å². The second-order valence-electron chi connectivity index (χ2n) is 2.43. The van der Waals surface area contributed by atoms with E-state index in [9.17, 15) is 4.79 Å². The lowest BCUT2D eigenvalue weighted by Gasteiger charge is -1.95. The normalized spacial score (nSPS) is 10.4. The van der Waals surface area contributed by atoms with Crippen LogP contribution >= 0.6 is 0 Å². The van der Waals surface area contributed by atoms with Gasteiger partial charge in [-0.25, -0.2) is 5.10 Å². The number of fused-ring (bicyclic) bond motifs is 1. The third kappa shape index (κ3) is 0.868. The highest BCUT2D eigenvalue weighted by molar-refractivity contribution is 5.78. The van der Waals surface area contributed by atoms with E-state index in [2.05, 4.69) is 20.4 Å². The first-order valence-corrected chi connectivity index (χ1v) is 3.46. The number of aromatic nitrogens is 4. The smallest absolute Gasteiger partial charge is 0.267 e. The van der Waals surface area contributed by atoms with Crippen LogP contribution in [0.5, 0.6) is 0 Å². The lowest BCUT2D eigenvalue weighted by atomic mass is 10.2. The molecule has 5 nitrogen and oxygen atoms in total. The van der Waals surface area contributed by atoms with E-state index in [1.54, 1.807) is 19.2 Å². The van der Waals surface area contributed by atoms with Gasteiger partial charge in [0.25, 0.3) is 5.56 Å². The maximum Gasteiger partial charge on any atom is 0.275 e. The fourth-order valence-corrected chi connectivity index (χ4v) is 1.05. The molecule has 5 heteroatoms. The maximum atomic E-state index is 11.1. The highest BCUT2D eigenvalue weighted by atomic mass is 16.1. The zero-order chi connectivity index (χ0) is 8.55. The Kier molecular flexibility index (Phi) is 1.36. The van der Waals surface area contributed by atoms with Gasteiger partial charge >= 0.3 is 0 Å². The predicted molar refractivity (Wildman–Crippen MR) is 42.7 cm³/mol. The lowest BCUT2D eigenvalue weighted by molar-refractivity contribution is 0.867. The van der Waals surface area contributed by atoms with Crippen LogP contribution in [-0.4, -0.2) is 20.4 Å². The third-order valence-electron chi connectivity index (χ3n) is 1.65. The second-order valence-corrected chi connectivity index (χ2v) is 2.43. The van der Waals surface area contributed by atoms with E-state index >= 15 is 0 Å². The zero-order valence-electron chi connectivity index (χ0n) is 6.40. The van der Waals surface area contributed by atoms with E-state index in [1.165, 1.54) is 0 Å². The minimum absolute atomic E-state index is 0.231. The molecule has 1 N–H and O–H groups in total. The molecule has 0 aliphatic rings. The topological polar surface area (TPSA) is 71.5 Å². The van der Waals surface area contributed by atoms with Crippen molar-refractivity contribution in [1.82, 2.24) is 20.4 Å². The van der Waals surface area contributed by atoms with Gasteiger partial charge < -0.3 is 0 Å². The largest absolute Gasteiger partial charge is 0.275 e. The molecular weight excluding hydrogens is 156 g/mol. The summed E-state index contributed by atoms with van der Waals surface area (Å²) >= 11 is 0. The highest BCUT2D eigenvalue weighted by Crippen LogP contribution is 2.05. The Balaban J connectivity index is 3.05. The number of aromatic amines is 1.